The molecule has 1 heterocycles. The molecule has 0 aliphatic carbocycles. The van der Waals surface area contributed by atoms with Gasteiger partial charge in [0.05, 0.1) is 24.2 Å². The van der Waals surface area contributed by atoms with E-state index in [1.165, 1.54) is 21.2 Å². The number of hydrogen-bond acceptors (Lipinski definition) is 6. The fourth-order valence-electron chi connectivity index (χ4n) is 2.95. The Balaban J connectivity index is 1.69. The van der Waals surface area contributed by atoms with Crippen LogP contribution in [-0.2, 0) is 23.2 Å². The zero-order chi connectivity index (χ0) is 21.7. The lowest BCUT2D eigenvalue weighted by atomic mass is 10.1. The molecular weight excluding hydrogens is 420 g/mol. The van der Waals surface area contributed by atoms with Gasteiger partial charge in [0, 0.05) is 11.9 Å². The van der Waals surface area contributed by atoms with E-state index in [2.05, 4.69) is 4.98 Å². The van der Waals surface area contributed by atoms with Gasteiger partial charge in [-0.15, -0.1) is 11.3 Å². The summed E-state index contributed by atoms with van der Waals surface area (Å²) in [6.07, 6.45) is 0. The molecule has 2 aromatic carbocycles. The highest BCUT2D eigenvalue weighted by molar-refractivity contribution is 7.89. The molecule has 8 heteroatoms. The van der Waals surface area contributed by atoms with Crippen molar-refractivity contribution in [2.45, 2.75) is 38.8 Å². The van der Waals surface area contributed by atoms with E-state index >= 15 is 0 Å². The summed E-state index contributed by atoms with van der Waals surface area (Å²) in [5.41, 5.74) is 2.99. The lowest BCUT2D eigenvalue weighted by Crippen LogP contribution is -2.30. The molecule has 0 saturated heterocycles. The Bertz CT molecular complexity index is 1090. The number of rotatable bonds is 9. The number of hydrogen-bond donors (Lipinski definition) is 0. The van der Waals surface area contributed by atoms with Gasteiger partial charge in [0.15, 0.2) is 0 Å². The van der Waals surface area contributed by atoms with E-state index in [0.717, 1.165) is 16.3 Å². The van der Waals surface area contributed by atoms with Crippen LogP contribution in [0.25, 0.3) is 0 Å². The van der Waals surface area contributed by atoms with Crippen LogP contribution in [0.2, 0.25) is 0 Å². The molecule has 0 spiro atoms. The third kappa shape index (κ3) is 5.00. The van der Waals surface area contributed by atoms with Crippen molar-refractivity contribution in [3.05, 3.63) is 69.7 Å². The van der Waals surface area contributed by atoms with Crippen LogP contribution in [0.3, 0.4) is 0 Å². The minimum Gasteiger partial charge on any atom is -0.497 e. The maximum absolute atomic E-state index is 13.0. The Labute approximate surface area is 182 Å². The van der Waals surface area contributed by atoms with Crippen molar-refractivity contribution in [2.24, 2.45) is 0 Å². The van der Waals surface area contributed by atoms with E-state index < -0.39 is 10.0 Å². The predicted molar refractivity (Wildman–Crippen MR) is 119 cm³/mol. The zero-order valence-corrected chi connectivity index (χ0v) is 19.2. The number of thiazole rings is 1. The average Bonchev–Trinajstić information content (AvgIpc) is 3.20. The van der Waals surface area contributed by atoms with Crippen molar-refractivity contribution in [2.75, 3.05) is 13.7 Å². The highest BCUT2D eigenvalue weighted by Gasteiger charge is 2.24. The molecule has 3 rings (SSSR count). The molecule has 0 fully saturated rings. The van der Waals surface area contributed by atoms with Crippen LogP contribution in [0.15, 0.2) is 52.7 Å². The number of sulfonamides is 1. The van der Waals surface area contributed by atoms with Crippen LogP contribution >= 0.6 is 11.3 Å². The summed E-state index contributed by atoms with van der Waals surface area (Å²) < 4.78 is 38.4. The zero-order valence-electron chi connectivity index (χ0n) is 17.6. The number of benzene rings is 2. The van der Waals surface area contributed by atoms with Crippen LogP contribution in [0.1, 0.15) is 28.8 Å². The molecule has 0 amide bonds. The van der Waals surface area contributed by atoms with Crippen molar-refractivity contribution >= 4 is 21.4 Å². The van der Waals surface area contributed by atoms with Gasteiger partial charge in [-0.25, -0.2) is 13.4 Å². The normalized spacial score (nSPS) is 11.6. The molecule has 1 aromatic heterocycles. The molecule has 160 valence electrons. The fraction of sp³-hybridized carbons (Fsp3) is 0.318. The Kier molecular flexibility index (Phi) is 7.12. The van der Waals surface area contributed by atoms with Gasteiger partial charge in [-0.05, 0) is 55.3 Å². The van der Waals surface area contributed by atoms with Crippen LogP contribution in [0.4, 0.5) is 0 Å². The minimum absolute atomic E-state index is 0.213. The maximum atomic E-state index is 13.0. The molecule has 0 N–H and O–H groups in total. The molecule has 0 aliphatic rings. The molecule has 0 saturated carbocycles. The van der Waals surface area contributed by atoms with Gasteiger partial charge in [-0.1, -0.05) is 19.1 Å². The van der Waals surface area contributed by atoms with E-state index in [0.29, 0.717) is 24.6 Å². The van der Waals surface area contributed by atoms with Crippen LogP contribution in [0, 0.1) is 13.8 Å². The monoisotopic (exact) mass is 446 g/mol. The molecule has 30 heavy (non-hydrogen) atoms. The molecule has 0 atom stereocenters. The van der Waals surface area contributed by atoms with E-state index in [1.54, 1.807) is 31.4 Å². The van der Waals surface area contributed by atoms with Crippen LogP contribution < -0.4 is 9.47 Å². The first-order valence-corrected chi connectivity index (χ1v) is 11.9. The van der Waals surface area contributed by atoms with Gasteiger partial charge in [0.1, 0.15) is 23.1 Å². The molecule has 3 aromatic rings. The number of aryl methyl sites for hydroxylation is 1. The van der Waals surface area contributed by atoms with Gasteiger partial charge < -0.3 is 9.47 Å². The molecule has 0 unspecified atom stereocenters. The summed E-state index contributed by atoms with van der Waals surface area (Å²) in [7, 11) is -2.07. The maximum Gasteiger partial charge on any atom is 0.243 e. The van der Waals surface area contributed by atoms with Crippen molar-refractivity contribution < 1.29 is 17.9 Å². The summed E-state index contributed by atoms with van der Waals surface area (Å²) in [4.78, 5) is 4.80. The fourth-order valence-corrected chi connectivity index (χ4v) is 5.07. The summed E-state index contributed by atoms with van der Waals surface area (Å²) in [6.45, 7) is 6.81. The number of aromatic nitrogens is 1. The lowest BCUT2D eigenvalue weighted by Gasteiger charge is -2.19. The molecule has 6 nitrogen and oxygen atoms in total. The third-order valence-corrected chi connectivity index (χ3v) is 7.70. The molecule has 0 bridgehead atoms. The first kappa shape index (κ1) is 22.3. The Hall–Kier alpha value is -2.42. The molecule has 0 aliphatic heterocycles. The van der Waals surface area contributed by atoms with Crippen LogP contribution in [-0.4, -0.2) is 31.4 Å². The SMILES string of the molecule is CCN(Cc1csc(COc2cccc(C)c2C)n1)S(=O)(=O)c1ccc(OC)cc1. The summed E-state index contributed by atoms with van der Waals surface area (Å²) in [5, 5.41) is 2.69. The third-order valence-electron chi connectivity index (χ3n) is 4.89. The predicted octanol–water partition coefficient (Wildman–Crippen LogP) is 4.56. The first-order valence-electron chi connectivity index (χ1n) is 9.61. The second-order valence-corrected chi connectivity index (χ2v) is 9.71. The summed E-state index contributed by atoms with van der Waals surface area (Å²) in [6, 6.07) is 12.4. The minimum atomic E-state index is -3.62. The van der Waals surface area contributed by atoms with E-state index in [-0.39, 0.29) is 11.4 Å². The van der Waals surface area contributed by atoms with Crippen molar-refractivity contribution in [3.63, 3.8) is 0 Å². The van der Waals surface area contributed by atoms with Crippen LogP contribution in [0.5, 0.6) is 11.5 Å². The Morgan fingerprint density at radius 2 is 1.83 bits per heavy atom. The van der Waals surface area contributed by atoms with Gasteiger partial charge in [-0.2, -0.15) is 4.31 Å². The second kappa shape index (κ2) is 9.59. The van der Waals surface area contributed by atoms with Gasteiger partial charge in [0.25, 0.3) is 0 Å². The Morgan fingerprint density at radius 1 is 1.10 bits per heavy atom. The summed E-state index contributed by atoms with van der Waals surface area (Å²) in [5.74, 6) is 1.45. The smallest absolute Gasteiger partial charge is 0.243 e. The highest BCUT2D eigenvalue weighted by atomic mass is 32.2. The largest absolute Gasteiger partial charge is 0.497 e. The highest BCUT2D eigenvalue weighted by Crippen LogP contribution is 2.24. The molecular formula is C22H26N2O4S2. The topological polar surface area (TPSA) is 68.7 Å². The average molecular weight is 447 g/mol. The van der Waals surface area contributed by atoms with E-state index in [1.807, 2.05) is 44.4 Å². The van der Waals surface area contributed by atoms with Crippen molar-refractivity contribution in [3.8, 4) is 11.5 Å². The van der Waals surface area contributed by atoms with Gasteiger partial charge in [0.2, 0.25) is 10.0 Å². The number of methoxy groups -OCH3 is 1. The van der Waals surface area contributed by atoms with Crippen molar-refractivity contribution in [1.82, 2.24) is 9.29 Å². The van der Waals surface area contributed by atoms with E-state index in [9.17, 15) is 8.42 Å². The Morgan fingerprint density at radius 3 is 2.50 bits per heavy atom. The quantitative estimate of drug-likeness (QED) is 0.482. The lowest BCUT2D eigenvalue weighted by molar-refractivity contribution is 0.302. The standard InChI is InChI=1S/C22H26N2O4S2/c1-5-24(30(25,26)20-11-9-19(27-4)10-12-20)13-18-15-29-22(23-18)14-28-21-8-6-7-16(2)17(21)3/h6-12,15H,5,13-14H2,1-4H3. The number of nitrogens with zero attached hydrogens (tertiary/aromatic N) is 2. The summed E-state index contributed by atoms with van der Waals surface area (Å²) >= 11 is 1.47. The molecule has 0 radical (unpaired) electrons. The van der Waals surface area contributed by atoms with Crippen molar-refractivity contribution in [1.29, 1.82) is 0 Å². The first-order chi connectivity index (χ1) is 14.3. The second-order valence-electron chi connectivity index (χ2n) is 6.83. The van der Waals surface area contributed by atoms with Gasteiger partial charge in [-0.3, -0.25) is 0 Å². The number of ether oxygens (including phenoxy) is 2. The van der Waals surface area contributed by atoms with E-state index in [4.69, 9.17) is 9.47 Å². The van der Waals surface area contributed by atoms with Gasteiger partial charge >= 0.3 is 0 Å².